The van der Waals surface area contributed by atoms with Crippen molar-refractivity contribution >= 4 is 0 Å². The maximum atomic E-state index is 12.4. The average Bonchev–Trinajstić information content (AvgIpc) is 2.06. The van der Waals surface area contributed by atoms with Crippen molar-refractivity contribution in [2.75, 3.05) is 6.54 Å². The smallest absolute Gasteiger partial charge is 0.123 e. The predicted molar refractivity (Wildman–Crippen MR) is 43.5 cm³/mol. The van der Waals surface area contributed by atoms with Gasteiger partial charge in [0.2, 0.25) is 0 Å². The van der Waals surface area contributed by atoms with Gasteiger partial charge in [-0.25, -0.2) is 4.39 Å². The molecule has 1 aromatic rings. The fourth-order valence-electron chi connectivity index (χ4n) is 0.914. The Labute approximate surface area is 70.0 Å². The largest absolute Gasteiger partial charge is 0.387 e. The summed E-state index contributed by atoms with van der Waals surface area (Å²) in [6, 6.07) is 5.65. The Kier molecular flexibility index (Phi) is 3.16. The van der Waals surface area contributed by atoms with E-state index in [9.17, 15) is 9.50 Å². The molecule has 1 atom stereocenters. The predicted octanol–water partition coefficient (Wildman–Crippen LogP) is 0.322. The van der Waals surface area contributed by atoms with Crippen LogP contribution in [0.5, 0.6) is 0 Å². The van der Waals surface area contributed by atoms with E-state index in [-0.39, 0.29) is 12.4 Å². The summed E-state index contributed by atoms with van der Waals surface area (Å²) >= 11 is 0. The molecule has 1 rings (SSSR count). The number of halogens is 1. The number of hydrogen-bond acceptors (Lipinski definition) is 3. The molecule has 0 heterocycles. The van der Waals surface area contributed by atoms with Crippen LogP contribution >= 0.6 is 0 Å². The lowest BCUT2D eigenvalue weighted by molar-refractivity contribution is 0.175. The number of nitrogens with two attached hydrogens (primary N) is 1. The van der Waals surface area contributed by atoms with Gasteiger partial charge in [0.25, 0.3) is 0 Å². The van der Waals surface area contributed by atoms with Gasteiger partial charge in [0, 0.05) is 6.54 Å². The number of aliphatic hydroxyl groups excluding tert-OH is 1. The zero-order valence-corrected chi connectivity index (χ0v) is 6.50. The molecule has 0 amide bonds. The molecule has 0 radical (unpaired) electrons. The number of nitrogens with one attached hydrogen (secondary N) is 1. The van der Waals surface area contributed by atoms with Crippen molar-refractivity contribution in [1.82, 2.24) is 5.43 Å². The number of hydrazine groups is 1. The van der Waals surface area contributed by atoms with Gasteiger partial charge in [0.1, 0.15) is 5.82 Å². The van der Waals surface area contributed by atoms with Crippen molar-refractivity contribution in [2.45, 2.75) is 6.10 Å². The van der Waals surface area contributed by atoms with Crippen molar-refractivity contribution < 1.29 is 9.50 Å². The highest BCUT2D eigenvalue weighted by molar-refractivity contribution is 5.18. The van der Waals surface area contributed by atoms with Crippen LogP contribution in [0, 0.1) is 5.82 Å². The molecule has 0 spiro atoms. The molecular weight excluding hydrogens is 159 g/mol. The van der Waals surface area contributed by atoms with E-state index in [1.54, 1.807) is 0 Å². The molecule has 0 aliphatic rings. The van der Waals surface area contributed by atoms with Gasteiger partial charge >= 0.3 is 0 Å². The standard InChI is InChI=1S/C8H11FN2O/c9-7-3-1-6(2-4-7)8(12)5-11-10/h1-4,8,11-12H,5,10H2. The monoisotopic (exact) mass is 170 g/mol. The highest BCUT2D eigenvalue weighted by Crippen LogP contribution is 2.11. The third-order valence-electron chi connectivity index (χ3n) is 1.57. The van der Waals surface area contributed by atoms with Crippen LogP contribution in [0.2, 0.25) is 0 Å². The lowest BCUT2D eigenvalue weighted by atomic mass is 10.1. The Morgan fingerprint density at radius 1 is 1.42 bits per heavy atom. The maximum absolute atomic E-state index is 12.4. The molecule has 0 aliphatic heterocycles. The summed E-state index contributed by atoms with van der Waals surface area (Å²) in [6.45, 7) is 0.256. The second-order valence-corrected chi connectivity index (χ2v) is 2.48. The summed E-state index contributed by atoms with van der Waals surface area (Å²) in [5.41, 5.74) is 2.98. The minimum Gasteiger partial charge on any atom is -0.387 e. The Hall–Kier alpha value is -0.970. The Balaban J connectivity index is 2.68. The third-order valence-corrected chi connectivity index (χ3v) is 1.57. The van der Waals surface area contributed by atoms with Gasteiger partial charge in [0.05, 0.1) is 6.10 Å². The van der Waals surface area contributed by atoms with Gasteiger partial charge in [0.15, 0.2) is 0 Å². The van der Waals surface area contributed by atoms with Gasteiger partial charge in [-0.2, -0.15) is 0 Å². The topological polar surface area (TPSA) is 58.3 Å². The van der Waals surface area contributed by atoms with Crippen LogP contribution < -0.4 is 11.3 Å². The van der Waals surface area contributed by atoms with E-state index in [1.165, 1.54) is 24.3 Å². The van der Waals surface area contributed by atoms with Gasteiger partial charge < -0.3 is 5.11 Å². The van der Waals surface area contributed by atoms with E-state index in [2.05, 4.69) is 5.43 Å². The minimum atomic E-state index is -0.685. The third kappa shape index (κ3) is 2.27. The fraction of sp³-hybridized carbons (Fsp3) is 0.250. The molecule has 0 aromatic heterocycles. The molecule has 0 aliphatic carbocycles. The minimum absolute atomic E-state index is 0.256. The van der Waals surface area contributed by atoms with E-state index in [0.29, 0.717) is 5.56 Å². The SMILES string of the molecule is NNCC(O)c1ccc(F)cc1. The first-order valence-corrected chi connectivity index (χ1v) is 3.61. The lowest BCUT2D eigenvalue weighted by Crippen LogP contribution is -2.27. The number of hydrogen-bond donors (Lipinski definition) is 3. The number of rotatable bonds is 3. The highest BCUT2D eigenvalue weighted by Gasteiger charge is 2.04. The fourth-order valence-corrected chi connectivity index (χ4v) is 0.914. The molecule has 0 saturated carbocycles. The zero-order chi connectivity index (χ0) is 8.97. The Morgan fingerprint density at radius 3 is 2.50 bits per heavy atom. The van der Waals surface area contributed by atoms with Gasteiger partial charge in [-0.05, 0) is 17.7 Å². The first-order chi connectivity index (χ1) is 5.74. The molecule has 3 nitrogen and oxygen atoms in total. The molecule has 1 unspecified atom stereocenters. The molecule has 12 heavy (non-hydrogen) atoms. The van der Waals surface area contributed by atoms with Crippen LogP contribution in [-0.2, 0) is 0 Å². The first kappa shape index (κ1) is 9.12. The van der Waals surface area contributed by atoms with Gasteiger partial charge in [-0.3, -0.25) is 11.3 Å². The lowest BCUT2D eigenvalue weighted by Gasteiger charge is -2.08. The normalized spacial score (nSPS) is 12.9. The summed E-state index contributed by atoms with van der Waals surface area (Å²) < 4.78 is 12.4. The summed E-state index contributed by atoms with van der Waals surface area (Å²) in [5, 5.41) is 9.35. The van der Waals surface area contributed by atoms with Crippen LogP contribution in [0.15, 0.2) is 24.3 Å². The van der Waals surface area contributed by atoms with E-state index in [0.717, 1.165) is 0 Å². The number of aliphatic hydroxyl groups is 1. The molecular formula is C8H11FN2O. The van der Waals surface area contributed by atoms with Crippen molar-refractivity contribution in [3.63, 3.8) is 0 Å². The van der Waals surface area contributed by atoms with E-state index >= 15 is 0 Å². The van der Waals surface area contributed by atoms with Crippen LogP contribution in [0.25, 0.3) is 0 Å². The molecule has 0 bridgehead atoms. The van der Waals surface area contributed by atoms with Crippen molar-refractivity contribution in [2.24, 2.45) is 5.84 Å². The Morgan fingerprint density at radius 2 is 2.00 bits per heavy atom. The average molecular weight is 170 g/mol. The highest BCUT2D eigenvalue weighted by atomic mass is 19.1. The Bertz CT molecular complexity index is 237. The second-order valence-electron chi connectivity index (χ2n) is 2.48. The molecule has 66 valence electrons. The van der Waals surface area contributed by atoms with Crippen molar-refractivity contribution in [3.8, 4) is 0 Å². The van der Waals surface area contributed by atoms with E-state index < -0.39 is 6.10 Å². The molecule has 0 saturated heterocycles. The molecule has 4 N–H and O–H groups in total. The quantitative estimate of drug-likeness (QED) is 0.452. The summed E-state index contributed by atoms with van der Waals surface area (Å²) in [4.78, 5) is 0. The van der Waals surface area contributed by atoms with Gasteiger partial charge in [-0.15, -0.1) is 0 Å². The van der Waals surface area contributed by atoms with Crippen molar-refractivity contribution in [1.29, 1.82) is 0 Å². The zero-order valence-electron chi connectivity index (χ0n) is 6.50. The summed E-state index contributed by atoms with van der Waals surface area (Å²) in [6.07, 6.45) is -0.685. The van der Waals surface area contributed by atoms with E-state index in [1.807, 2.05) is 0 Å². The van der Waals surface area contributed by atoms with Crippen molar-refractivity contribution in [3.05, 3.63) is 35.6 Å². The first-order valence-electron chi connectivity index (χ1n) is 3.61. The van der Waals surface area contributed by atoms with Crippen LogP contribution in [-0.4, -0.2) is 11.7 Å². The van der Waals surface area contributed by atoms with Crippen LogP contribution in [0.4, 0.5) is 4.39 Å². The summed E-state index contributed by atoms with van der Waals surface area (Å²) in [7, 11) is 0. The molecule has 4 heteroatoms. The molecule has 0 fully saturated rings. The second kappa shape index (κ2) is 4.15. The van der Waals surface area contributed by atoms with Crippen LogP contribution in [0.1, 0.15) is 11.7 Å². The number of benzene rings is 1. The summed E-state index contributed by atoms with van der Waals surface area (Å²) in [5.74, 6) is 4.70. The van der Waals surface area contributed by atoms with Gasteiger partial charge in [-0.1, -0.05) is 12.1 Å². The van der Waals surface area contributed by atoms with Crippen LogP contribution in [0.3, 0.4) is 0 Å². The molecule has 1 aromatic carbocycles. The maximum Gasteiger partial charge on any atom is 0.123 e. The van der Waals surface area contributed by atoms with E-state index in [4.69, 9.17) is 5.84 Å².